The standard InChI is InChI=1S/C25H28ClN5O5S/c1-17(2)37(33,34)22-6-4-3-5-21(22)29-24-20(26)15-27-25(30-24)28-18-7-9-19(10-8-18)36-16-23(32)31-11-13-35-14-12-31/h3-10,15,17H,11-14,16H2,1-2H3,(H2,27,28,29,30). The van der Waals surface area contributed by atoms with Crippen LogP contribution in [0.15, 0.2) is 59.6 Å². The molecule has 1 fully saturated rings. The van der Waals surface area contributed by atoms with E-state index in [0.717, 1.165) is 0 Å². The van der Waals surface area contributed by atoms with Crippen LogP contribution in [0.1, 0.15) is 13.8 Å². The van der Waals surface area contributed by atoms with E-state index in [4.69, 9.17) is 21.1 Å². The van der Waals surface area contributed by atoms with Crippen LogP contribution in [-0.2, 0) is 19.4 Å². The van der Waals surface area contributed by atoms with Crippen LogP contribution in [0.2, 0.25) is 5.02 Å². The van der Waals surface area contributed by atoms with Crippen LogP contribution in [0, 0.1) is 0 Å². The zero-order chi connectivity index (χ0) is 26.4. The largest absolute Gasteiger partial charge is 0.484 e. The molecule has 0 radical (unpaired) electrons. The molecule has 0 spiro atoms. The smallest absolute Gasteiger partial charge is 0.260 e. The van der Waals surface area contributed by atoms with Crippen LogP contribution in [0.5, 0.6) is 5.75 Å². The van der Waals surface area contributed by atoms with Crippen molar-refractivity contribution in [2.45, 2.75) is 24.0 Å². The van der Waals surface area contributed by atoms with Gasteiger partial charge in [-0.2, -0.15) is 4.98 Å². The molecule has 37 heavy (non-hydrogen) atoms. The van der Waals surface area contributed by atoms with Gasteiger partial charge in [-0.3, -0.25) is 4.79 Å². The maximum absolute atomic E-state index is 12.8. The van der Waals surface area contributed by atoms with Crippen LogP contribution >= 0.6 is 11.6 Å². The van der Waals surface area contributed by atoms with Gasteiger partial charge in [-0.25, -0.2) is 13.4 Å². The van der Waals surface area contributed by atoms with Crippen molar-refractivity contribution in [1.82, 2.24) is 14.9 Å². The van der Waals surface area contributed by atoms with E-state index in [0.29, 0.717) is 43.4 Å². The number of nitrogens with one attached hydrogen (secondary N) is 2. The zero-order valence-corrected chi connectivity index (χ0v) is 22.1. The molecule has 3 aromatic rings. The molecule has 10 nitrogen and oxygen atoms in total. The molecule has 0 unspecified atom stereocenters. The summed E-state index contributed by atoms with van der Waals surface area (Å²) in [7, 11) is -3.53. The summed E-state index contributed by atoms with van der Waals surface area (Å²) in [5, 5.41) is 5.75. The fourth-order valence-corrected chi connectivity index (χ4v) is 4.87. The van der Waals surface area contributed by atoms with Crippen LogP contribution in [0.25, 0.3) is 0 Å². The van der Waals surface area contributed by atoms with Crippen molar-refractivity contribution in [3.05, 3.63) is 59.8 Å². The van der Waals surface area contributed by atoms with Crippen molar-refractivity contribution >= 4 is 50.5 Å². The van der Waals surface area contributed by atoms with E-state index in [2.05, 4.69) is 20.6 Å². The Bertz CT molecular complexity index is 1350. The van der Waals surface area contributed by atoms with Gasteiger partial charge >= 0.3 is 0 Å². The number of benzene rings is 2. The van der Waals surface area contributed by atoms with Crippen LogP contribution in [0.3, 0.4) is 0 Å². The van der Waals surface area contributed by atoms with Crippen LogP contribution in [0.4, 0.5) is 23.1 Å². The fraction of sp³-hybridized carbons (Fsp3) is 0.320. The van der Waals surface area contributed by atoms with Gasteiger partial charge in [0.05, 0.1) is 35.2 Å². The first-order chi connectivity index (χ1) is 17.7. The number of hydrogen-bond donors (Lipinski definition) is 2. The van der Waals surface area contributed by atoms with Gasteiger partial charge < -0.3 is 25.0 Å². The molecule has 2 aromatic carbocycles. The highest BCUT2D eigenvalue weighted by Crippen LogP contribution is 2.30. The highest BCUT2D eigenvalue weighted by molar-refractivity contribution is 7.92. The van der Waals surface area contributed by atoms with Gasteiger partial charge in [-0.1, -0.05) is 23.7 Å². The topological polar surface area (TPSA) is 123 Å². The number of sulfone groups is 1. The fourth-order valence-electron chi connectivity index (χ4n) is 3.53. The van der Waals surface area contributed by atoms with Crippen molar-refractivity contribution in [1.29, 1.82) is 0 Å². The molecule has 2 heterocycles. The second-order valence-corrected chi connectivity index (χ2v) is 11.4. The molecular weight excluding hydrogens is 518 g/mol. The van der Waals surface area contributed by atoms with E-state index in [1.165, 1.54) is 6.20 Å². The number of carbonyl (C=O) groups is 1. The van der Waals surface area contributed by atoms with E-state index in [9.17, 15) is 13.2 Å². The Morgan fingerprint density at radius 2 is 1.81 bits per heavy atom. The molecule has 12 heteroatoms. The van der Waals surface area contributed by atoms with Gasteiger partial charge in [0, 0.05) is 18.8 Å². The predicted molar refractivity (Wildman–Crippen MR) is 142 cm³/mol. The average molecular weight is 546 g/mol. The summed E-state index contributed by atoms with van der Waals surface area (Å²) in [4.78, 5) is 22.7. The molecule has 0 aliphatic carbocycles. The van der Waals surface area contributed by atoms with Crippen LogP contribution in [-0.4, -0.2) is 67.4 Å². The number of anilines is 4. The summed E-state index contributed by atoms with van der Waals surface area (Å²) in [6, 6.07) is 13.6. The normalized spacial score (nSPS) is 13.9. The summed E-state index contributed by atoms with van der Waals surface area (Å²) in [5.41, 5.74) is 1.05. The lowest BCUT2D eigenvalue weighted by atomic mass is 10.3. The number of carbonyl (C=O) groups excluding carboxylic acids is 1. The lowest BCUT2D eigenvalue weighted by molar-refractivity contribution is -0.137. The van der Waals surface area contributed by atoms with Crippen molar-refractivity contribution in [3.63, 3.8) is 0 Å². The predicted octanol–water partition coefficient (Wildman–Crippen LogP) is 4.04. The average Bonchev–Trinajstić information content (AvgIpc) is 2.90. The number of nitrogens with zero attached hydrogens (tertiary/aromatic N) is 3. The molecule has 0 atom stereocenters. The second kappa shape index (κ2) is 11.8. The molecule has 1 aromatic heterocycles. The van der Waals surface area contributed by atoms with E-state index in [1.807, 2.05) is 0 Å². The van der Waals surface area contributed by atoms with E-state index < -0.39 is 15.1 Å². The zero-order valence-electron chi connectivity index (χ0n) is 20.5. The number of aromatic nitrogens is 2. The number of para-hydroxylation sites is 1. The first-order valence-electron chi connectivity index (χ1n) is 11.7. The summed E-state index contributed by atoms with van der Waals surface area (Å²) < 4.78 is 36.4. The quantitative estimate of drug-likeness (QED) is 0.410. The van der Waals surface area contributed by atoms with Gasteiger partial charge in [-0.05, 0) is 50.2 Å². The SMILES string of the molecule is CC(C)S(=O)(=O)c1ccccc1Nc1nc(Nc2ccc(OCC(=O)N3CCOCC3)cc2)ncc1Cl. The maximum Gasteiger partial charge on any atom is 0.260 e. The summed E-state index contributed by atoms with van der Waals surface area (Å²) in [6.07, 6.45) is 1.42. The van der Waals surface area contributed by atoms with Crippen molar-refractivity contribution in [2.75, 3.05) is 43.5 Å². The lowest BCUT2D eigenvalue weighted by Gasteiger charge is -2.26. The van der Waals surface area contributed by atoms with Gasteiger partial charge in [-0.15, -0.1) is 0 Å². The third kappa shape index (κ3) is 6.68. The van der Waals surface area contributed by atoms with Gasteiger partial charge in [0.2, 0.25) is 5.95 Å². The number of hydrogen-bond acceptors (Lipinski definition) is 9. The number of rotatable bonds is 9. The van der Waals surface area contributed by atoms with Gasteiger partial charge in [0.1, 0.15) is 10.8 Å². The molecular formula is C25H28ClN5O5S. The monoisotopic (exact) mass is 545 g/mol. The Labute approximate surface area is 220 Å². The maximum atomic E-state index is 12.8. The number of ether oxygens (including phenoxy) is 2. The summed E-state index contributed by atoms with van der Waals surface area (Å²) in [5.74, 6) is 0.983. The Hall–Kier alpha value is -3.41. The van der Waals surface area contributed by atoms with Crippen molar-refractivity contribution in [3.8, 4) is 5.75 Å². The summed E-state index contributed by atoms with van der Waals surface area (Å²) >= 11 is 6.30. The van der Waals surface area contributed by atoms with E-state index in [-0.39, 0.29) is 34.2 Å². The molecule has 1 saturated heterocycles. The molecule has 0 bridgehead atoms. The highest BCUT2D eigenvalue weighted by Gasteiger charge is 2.23. The minimum atomic E-state index is -3.53. The minimum absolute atomic E-state index is 0.0455. The van der Waals surface area contributed by atoms with Crippen molar-refractivity contribution < 1.29 is 22.7 Å². The van der Waals surface area contributed by atoms with E-state index >= 15 is 0 Å². The molecule has 2 N–H and O–H groups in total. The minimum Gasteiger partial charge on any atom is -0.484 e. The van der Waals surface area contributed by atoms with Gasteiger partial charge in [0.15, 0.2) is 22.3 Å². The Balaban J connectivity index is 1.42. The lowest BCUT2D eigenvalue weighted by Crippen LogP contribution is -2.42. The Morgan fingerprint density at radius 3 is 2.51 bits per heavy atom. The number of amides is 1. The molecule has 196 valence electrons. The number of halogens is 1. The molecule has 1 aliphatic rings. The molecule has 1 amide bonds. The third-order valence-corrected chi connectivity index (χ3v) is 8.13. The second-order valence-electron chi connectivity index (χ2n) is 8.54. The van der Waals surface area contributed by atoms with Crippen LogP contribution < -0.4 is 15.4 Å². The molecule has 4 rings (SSSR count). The Kier molecular flexibility index (Phi) is 8.47. The molecule has 1 aliphatic heterocycles. The number of morpholine rings is 1. The summed E-state index contributed by atoms with van der Waals surface area (Å²) in [6.45, 7) is 5.44. The highest BCUT2D eigenvalue weighted by atomic mass is 35.5. The third-order valence-electron chi connectivity index (χ3n) is 5.65. The first-order valence-corrected chi connectivity index (χ1v) is 13.6. The van der Waals surface area contributed by atoms with E-state index in [1.54, 1.807) is 67.3 Å². The van der Waals surface area contributed by atoms with Gasteiger partial charge in [0.25, 0.3) is 5.91 Å². The first kappa shape index (κ1) is 26.6. The van der Waals surface area contributed by atoms with Crippen molar-refractivity contribution in [2.24, 2.45) is 0 Å². The Morgan fingerprint density at radius 1 is 1.11 bits per heavy atom. The molecule has 0 saturated carbocycles.